The van der Waals surface area contributed by atoms with Crippen molar-refractivity contribution in [3.63, 3.8) is 0 Å². The van der Waals surface area contributed by atoms with Crippen LogP contribution in [-0.4, -0.2) is 23.5 Å². The van der Waals surface area contributed by atoms with Gasteiger partial charge in [0.1, 0.15) is 5.75 Å². The van der Waals surface area contributed by atoms with Gasteiger partial charge in [-0.3, -0.25) is 0 Å². The van der Waals surface area contributed by atoms with E-state index in [1.165, 1.54) is 25.3 Å². The first kappa shape index (κ1) is 11.7. The summed E-state index contributed by atoms with van der Waals surface area (Å²) in [4.78, 5) is 5.61. The predicted molar refractivity (Wildman–Crippen MR) is 52.5 cm³/mol. The molecule has 0 atom stereocenters. The number of fused-ring (bicyclic) bond motifs is 1. The van der Waals surface area contributed by atoms with Crippen molar-refractivity contribution in [1.29, 1.82) is 0 Å². The van der Waals surface area contributed by atoms with Crippen LogP contribution in [0.5, 0.6) is 5.75 Å². The Balaban J connectivity index is 2.51. The Morgan fingerprint density at radius 2 is 2.06 bits per heavy atom. The minimum absolute atomic E-state index is 0.182. The number of hydrogen-bond donors (Lipinski definition) is 1. The van der Waals surface area contributed by atoms with Crippen LogP contribution in [0, 0.1) is 0 Å². The largest absolute Gasteiger partial charge is 0.497 e. The molecule has 92 valence electrons. The van der Waals surface area contributed by atoms with Gasteiger partial charge in [-0.05, 0) is 12.1 Å². The predicted octanol–water partition coefficient (Wildman–Crippen LogP) is 2.93. The Bertz CT molecular complexity index is 538. The lowest BCUT2D eigenvalue weighted by Gasteiger charge is -2.11. The van der Waals surface area contributed by atoms with E-state index in [9.17, 15) is 17.6 Å². The van der Waals surface area contributed by atoms with Gasteiger partial charge in [0.15, 0.2) is 5.82 Å². The number of aromatic amines is 1. The van der Waals surface area contributed by atoms with Gasteiger partial charge >= 0.3 is 12.3 Å². The summed E-state index contributed by atoms with van der Waals surface area (Å²) < 4.78 is 55.2. The lowest BCUT2D eigenvalue weighted by atomic mass is 10.3. The number of nitrogens with one attached hydrogen (secondary N) is 1. The van der Waals surface area contributed by atoms with E-state index in [-0.39, 0.29) is 11.0 Å². The normalized spacial score (nSPS) is 12.4. The average Bonchev–Trinajstić information content (AvgIpc) is 2.71. The zero-order valence-corrected chi connectivity index (χ0v) is 8.68. The van der Waals surface area contributed by atoms with Gasteiger partial charge in [0.05, 0.1) is 18.1 Å². The van der Waals surface area contributed by atoms with E-state index in [1.807, 2.05) is 0 Å². The monoisotopic (exact) mass is 248 g/mol. The fourth-order valence-electron chi connectivity index (χ4n) is 1.38. The summed E-state index contributed by atoms with van der Waals surface area (Å²) in [5.74, 6) is -4.91. The lowest BCUT2D eigenvalue weighted by Crippen LogP contribution is -2.25. The highest BCUT2D eigenvalue weighted by atomic mass is 19.3. The second kappa shape index (κ2) is 3.90. The minimum atomic E-state index is -4.29. The van der Waals surface area contributed by atoms with Gasteiger partial charge in [0, 0.05) is 6.07 Å². The van der Waals surface area contributed by atoms with Gasteiger partial charge in [-0.1, -0.05) is 0 Å². The van der Waals surface area contributed by atoms with Crippen molar-refractivity contribution < 1.29 is 22.3 Å². The number of nitrogens with zero attached hydrogens (tertiary/aromatic N) is 1. The zero-order chi connectivity index (χ0) is 12.6. The van der Waals surface area contributed by atoms with E-state index >= 15 is 0 Å². The van der Waals surface area contributed by atoms with Crippen molar-refractivity contribution >= 4 is 11.0 Å². The first-order chi connectivity index (χ1) is 7.95. The van der Waals surface area contributed by atoms with Gasteiger partial charge in [-0.2, -0.15) is 8.78 Å². The molecule has 3 nitrogen and oxygen atoms in total. The third kappa shape index (κ3) is 1.92. The molecule has 0 amide bonds. The minimum Gasteiger partial charge on any atom is -0.497 e. The van der Waals surface area contributed by atoms with Crippen LogP contribution in [0.25, 0.3) is 11.0 Å². The SMILES string of the molecule is COc1ccc2nc(C(F)(F)C(F)F)[nH]c2c1. The van der Waals surface area contributed by atoms with Crippen LogP contribution in [0.4, 0.5) is 17.6 Å². The quantitative estimate of drug-likeness (QED) is 0.848. The standard InChI is InChI=1S/C10H8F4N2O/c1-17-5-2-3-6-7(4-5)16-9(15-6)10(13,14)8(11)12/h2-4,8H,1H3,(H,15,16). The summed E-state index contributed by atoms with van der Waals surface area (Å²) in [6.07, 6.45) is -3.80. The van der Waals surface area contributed by atoms with Gasteiger partial charge in [-0.15, -0.1) is 0 Å². The van der Waals surface area contributed by atoms with Crippen LogP contribution in [-0.2, 0) is 5.92 Å². The Morgan fingerprint density at radius 1 is 1.35 bits per heavy atom. The number of rotatable bonds is 3. The number of alkyl halides is 4. The number of hydrogen-bond acceptors (Lipinski definition) is 2. The van der Waals surface area contributed by atoms with Crippen LogP contribution in [0.3, 0.4) is 0 Å². The van der Waals surface area contributed by atoms with Crippen LogP contribution >= 0.6 is 0 Å². The van der Waals surface area contributed by atoms with E-state index in [4.69, 9.17) is 4.74 Å². The summed E-state index contributed by atoms with van der Waals surface area (Å²) in [5, 5.41) is 0. The topological polar surface area (TPSA) is 37.9 Å². The van der Waals surface area contributed by atoms with E-state index in [0.717, 1.165) is 0 Å². The van der Waals surface area contributed by atoms with Crippen molar-refractivity contribution in [3.05, 3.63) is 24.0 Å². The number of methoxy groups -OCH3 is 1. The molecule has 2 aromatic rings. The molecular weight excluding hydrogens is 240 g/mol. The highest BCUT2D eigenvalue weighted by molar-refractivity contribution is 5.76. The molecule has 2 rings (SSSR count). The molecule has 0 radical (unpaired) electrons. The molecule has 0 spiro atoms. The molecule has 0 unspecified atom stereocenters. The fraction of sp³-hybridized carbons (Fsp3) is 0.300. The molecular formula is C10H8F4N2O. The number of aromatic nitrogens is 2. The van der Waals surface area contributed by atoms with Crippen LogP contribution < -0.4 is 4.74 Å². The Labute approximate surface area is 93.4 Å². The molecule has 1 heterocycles. The van der Waals surface area contributed by atoms with Crippen molar-refractivity contribution in [2.45, 2.75) is 12.3 Å². The maximum Gasteiger partial charge on any atom is 0.363 e. The van der Waals surface area contributed by atoms with E-state index in [1.54, 1.807) is 0 Å². The number of imidazole rings is 1. The van der Waals surface area contributed by atoms with Crippen molar-refractivity contribution in [3.8, 4) is 5.75 Å². The molecule has 17 heavy (non-hydrogen) atoms. The number of halogens is 4. The van der Waals surface area contributed by atoms with Gasteiger partial charge in [-0.25, -0.2) is 13.8 Å². The van der Waals surface area contributed by atoms with E-state index in [2.05, 4.69) is 9.97 Å². The summed E-state index contributed by atoms with van der Waals surface area (Å²) in [6, 6.07) is 4.33. The number of ether oxygens (including phenoxy) is 1. The summed E-state index contributed by atoms with van der Waals surface area (Å²) >= 11 is 0. The average molecular weight is 248 g/mol. The molecule has 7 heteroatoms. The third-order valence-electron chi connectivity index (χ3n) is 2.28. The molecule has 0 saturated heterocycles. The Morgan fingerprint density at radius 3 is 2.65 bits per heavy atom. The van der Waals surface area contributed by atoms with Gasteiger partial charge in [0.25, 0.3) is 0 Å². The van der Waals surface area contributed by atoms with E-state index in [0.29, 0.717) is 5.75 Å². The zero-order valence-electron chi connectivity index (χ0n) is 8.68. The summed E-state index contributed by atoms with van der Waals surface area (Å²) in [7, 11) is 1.41. The van der Waals surface area contributed by atoms with Crippen LogP contribution in [0.2, 0.25) is 0 Å². The van der Waals surface area contributed by atoms with Gasteiger partial charge in [0.2, 0.25) is 0 Å². The molecule has 1 aromatic carbocycles. The van der Waals surface area contributed by atoms with Crippen molar-refractivity contribution in [2.24, 2.45) is 0 Å². The Kier molecular flexibility index (Phi) is 2.68. The maximum atomic E-state index is 13.0. The first-order valence-corrected chi connectivity index (χ1v) is 4.65. The molecule has 0 aliphatic rings. The highest BCUT2D eigenvalue weighted by Crippen LogP contribution is 2.34. The van der Waals surface area contributed by atoms with Crippen LogP contribution in [0.1, 0.15) is 5.82 Å². The number of benzene rings is 1. The molecule has 1 N–H and O–H groups in total. The van der Waals surface area contributed by atoms with Crippen LogP contribution in [0.15, 0.2) is 18.2 Å². The molecule has 0 fully saturated rings. The smallest absolute Gasteiger partial charge is 0.363 e. The second-order valence-corrected chi connectivity index (χ2v) is 3.39. The summed E-state index contributed by atoms with van der Waals surface area (Å²) in [5.41, 5.74) is 0.404. The third-order valence-corrected chi connectivity index (χ3v) is 2.28. The first-order valence-electron chi connectivity index (χ1n) is 4.65. The number of H-pyrrole nitrogens is 1. The maximum absolute atomic E-state index is 13.0. The van der Waals surface area contributed by atoms with Crippen molar-refractivity contribution in [2.75, 3.05) is 7.11 Å². The fourth-order valence-corrected chi connectivity index (χ4v) is 1.38. The van der Waals surface area contributed by atoms with Gasteiger partial charge < -0.3 is 9.72 Å². The lowest BCUT2D eigenvalue weighted by molar-refractivity contribution is -0.140. The Hall–Kier alpha value is -1.79. The van der Waals surface area contributed by atoms with Crippen molar-refractivity contribution in [1.82, 2.24) is 9.97 Å². The molecule has 1 aromatic heterocycles. The molecule has 0 aliphatic carbocycles. The molecule has 0 bridgehead atoms. The highest BCUT2D eigenvalue weighted by Gasteiger charge is 2.45. The summed E-state index contributed by atoms with van der Waals surface area (Å²) in [6.45, 7) is 0. The van der Waals surface area contributed by atoms with E-state index < -0.39 is 18.2 Å². The molecule has 0 aliphatic heterocycles. The second-order valence-electron chi connectivity index (χ2n) is 3.39. The molecule has 0 saturated carbocycles.